The van der Waals surface area contributed by atoms with Gasteiger partial charge in [0.25, 0.3) is 0 Å². The molecule has 4 heteroatoms. The van der Waals surface area contributed by atoms with Crippen molar-refractivity contribution in [3.05, 3.63) is 53.5 Å². The van der Waals surface area contributed by atoms with Gasteiger partial charge in [0.15, 0.2) is 0 Å². The van der Waals surface area contributed by atoms with Gasteiger partial charge < -0.3 is 10.1 Å². The van der Waals surface area contributed by atoms with Crippen LogP contribution in [-0.4, -0.2) is 17.1 Å². The van der Waals surface area contributed by atoms with Crippen LogP contribution in [0.3, 0.4) is 0 Å². The molecule has 0 spiro atoms. The lowest BCUT2D eigenvalue weighted by molar-refractivity contribution is 0.185. The first kappa shape index (κ1) is 14.5. The van der Waals surface area contributed by atoms with Crippen molar-refractivity contribution in [1.29, 1.82) is 0 Å². The van der Waals surface area contributed by atoms with E-state index in [4.69, 9.17) is 4.74 Å². The van der Waals surface area contributed by atoms with E-state index in [1.54, 1.807) is 13.4 Å². The second kappa shape index (κ2) is 7.01. The summed E-state index contributed by atoms with van der Waals surface area (Å²) in [6, 6.07) is 10.3. The van der Waals surface area contributed by atoms with Gasteiger partial charge in [0, 0.05) is 25.4 Å². The minimum absolute atomic E-state index is 0.406. The molecule has 0 fully saturated rings. The summed E-state index contributed by atoms with van der Waals surface area (Å²) in [7, 11) is 1.71. The van der Waals surface area contributed by atoms with Gasteiger partial charge in [0.2, 0.25) is 0 Å². The Balaban J connectivity index is 2.01. The second-order valence-corrected chi connectivity index (χ2v) is 5.09. The Morgan fingerprint density at radius 3 is 2.70 bits per heavy atom. The van der Waals surface area contributed by atoms with Crippen molar-refractivity contribution in [1.82, 2.24) is 9.97 Å². The fraction of sp³-hybridized carbons (Fsp3) is 0.375. The van der Waals surface area contributed by atoms with E-state index in [1.165, 1.54) is 11.1 Å². The third kappa shape index (κ3) is 4.03. The Labute approximate surface area is 120 Å². The van der Waals surface area contributed by atoms with Crippen LogP contribution in [0.15, 0.2) is 36.7 Å². The maximum absolute atomic E-state index is 5.15. The van der Waals surface area contributed by atoms with Crippen LogP contribution in [-0.2, 0) is 17.9 Å². The topological polar surface area (TPSA) is 47.0 Å². The summed E-state index contributed by atoms with van der Waals surface area (Å²) >= 11 is 0. The van der Waals surface area contributed by atoms with E-state index in [9.17, 15) is 0 Å². The molecule has 0 radical (unpaired) electrons. The maximum atomic E-state index is 5.15. The van der Waals surface area contributed by atoms with Gasteiger partial charge in [0.05, 0.1) is 6.61 Å². The first-order valence-corrected chi connectivity index (χ1v) is 6.81. The normalized spacial score (nSPS) is 10.8. The van der Waals surface area contributed by atoms with Crippen molar-refractivity contribution < 1.29 is 4.74 Å². The van der Waals surface area contributed by atoms with Crippen molar-refractivity contribution in [2.75, 3.05) is 12.4 Å². The molecule has 2 rings (SSSR count). The number of benzene rings is 1. The largest absolute Gasteiger partial charge is 0.380 e. The Hall–Kier alpha value is -1.94. The Morgan fingerprint density at radius 1 is 1.15 bits per heavy atom. The molecular formula is C16H21N3O. The molecule has 1 aromatic heterocycles. The van der Waals surface area contributed by atoms with Crippen LogP contribution in [0.5, 0.6) is 0 Å². The summed E-state index contributed by atoms with van der Waals surface area (Å²) in [5.41, 5.74) is 3.44. The number of methoxy groups -OCH3 is 1. The third-order valence-electron chi connectivity index (χ3n) is 3.06. The van der Waals surface area contributed by atoms with Gasteiger partial charge in [-0.1, -0.05) is 38.1 Å². The lowest BCUT2D eigenvalue weighted by Gasteiger charge is -2.09. The summed E-state index contributed by atoms with van der Waals surface area (Å²) < 4.78 is 5.15. The van der Waals surface area contributed by atoms with Gasteiger partial charge in [-0.15, -0.1) is 0 Å². The van der Waals surface area contributed by atoms with Gasteiger partial charge in [-0.3, -0.25) is 0 Å². The van der Waals surface area contributed by atoms with Crippen LogP contribution in [0.25, 0.3) is 0 Å². The molecule has 0 atom stereocenters. The third-order valence-corrected chi connectivity index (χ3v) is 3.06. The highest BCUT2D eigenvalue weighted by Gasteiger charge is 2.03. The molecule has 1 heterocycles. The number of hydrogen-bond acceptors (Lipinski definition) is 4. The standard InChI is InChI=1S/C16H21N3O/c1-12(2)15-8-16(19-11-18-15)17-9-13-5-4-6-14(7-13)10-20-3/h4-8,11-12H,9-10H2,1-3H3,(H,17,18,19). The second-order valence-electron chi connectivity index (χ2n) is 5.09. The van der Waals surface area contributed by atoms with Gasteiger partial charge in [-0.2, -0.15) is 0 Å². The van der Waals surface area contributed by atoms with Crippen molar-refractivity contribution in [2.24, 2.45) is 0 Å². The molecule has 0 saturated carbocycles. The van der Waals surface area contributed by atoms with Crippen molar-refractivity contribution >= 4 is 5.82 Å². The van der Waals surface area contributed by atoms with E-state index in [0.717, 1.165) is 18.1 Å². The molecule has 2 aromatic rings. The molecule has 0 aliphatic heterocycles. The average Bonchev–Trinajstić information content (AvgIpc) is 2.46. The molecule has 1 N–H and O–H groups in total. The van der Waals surface area contributed by atoms with E-state index in [1.807, 2.05) is 12.1 Å². The highest BCUT2D eigenvalue weighted by Crippen LogP contribution is 2.14. The first-order valence-electron chi connectivity index (χ1n) is 6.81. The Kier molecular flexibility index (Phi) is 5.07. The maximum Gasteiger partial charge on any atom is 0.129 e. The fourth-order valence-electron chi connectivity index (χ4n) is 1.97. The lowest BCUT2D eigenvalue weighted by atomic mass is 10.1. The molecule has 0 aliphatic carbocycles. The first-order chi connectivity index (χ1) is 9.69. The molecule has 0 saturated heterocycles. The molecule has 0 amide bonds. The van der Waals surface area contributed by atoms with Gasteiger partial charge in [-0.25, -0.2) is 9.97 Å². The highest BCUT2D eigenvalue weighted by molar-refractivity contribution is 5.37. The predicted molar refractivity (Wildman–Crippen MR) is 80.6 cm³/mol. The van der Waals surface area contributed by atoms with Crippen LogP contribution in [0.4, 0.5) is 5.82 Å². The zero-order valence-corrected chi connectivity index (χ0v) is 12.3. The lowest BCUT2D eigenvalue weighted by Crippen LogP contribution is -2.04. The molecule has 20 heavy (non-hydrogen) atoms. The van der Waals surface area contributed by atoms with E-state index in [0.29, 0.717) is 12.5 Å². The van der Waals surface area contributed by atoms with Gasteiger partial charge in [0.1, 0.15) is 12.1 Å². The average molecular weight is 271 g/mol. The molecule has 0 unspecified atom stereocenters. The number of ether oxygens (including phenoxy) is 1. The van der Waals surface area contributed by atoms with Gasteiger partial charge in [-0.05, 0) is 17.0 Å². The summed E-state index contributed by atoms with van der Waals surface area (Å²) in [5, 5.41) is 3.33. The summed E-state index contributed by atoms with van der Waals surface area (Å²) in [6.45, 7) is 5.63. The minimum Gasteiger partial charge on any atom is -0.380 e. The predicted octanol–water partition coefficient (Wildman–Crippen LogP) is 3.36. The van der Waals surface area contributed by atoms with Gasteiger partial charge >= 0.3 is 0 Å². The van der Waals surface area contributed by atoms with Crippen LogP contribution >= 0.6 is 0 Å². The van der Waals surface area contributed by atoms with Crippen LogP contribution in [0.1, 0.15) is 36.6 Å². The number of anilines is 1. The zero-order valence-electron chi connectivity index (χ0n) is 12.3. The van der Waals surface area contributed by atoms with Crippen LogP contribution in [0.2, 0.25) is 0 Å². The van der Waals surface area contributed by atoms with E-state index in [2.05, 4.69) is 47.3 Å². The monoisotopic (exact) mass is 271 g/mol. The number of hydrogen-bond donors (Lipinski definition) is 1. The summed E-state index contributed by atoms with van der Waals surface area (Å²) in [5.74, 6) is 1.27. The number of nitrogens with one attached hydrogen (secondary N) is 1. The smallest absolute Gasteiger partial charge is 0.129 e. The fourth-order valence-corrected chi connectivity index (χ4v) is 1.97. The summed E-state index contributed by atoms with van der Waals surface area (Å²) in [4.78, 5) is 8.51. The SMILES string of the molecule is COCc1cccc(CNc2cc(C(C)C)ncn2)c1. The Bertz CT molecular complexity index is 555. The molecule has 106 valence electrons. The zero-order chi connectivity index (χ0) is 14.4. The molecule has 0 bridgehead atoms. The van der Waals surface area contributed by atoms with Crippen LogP contribution in [0, 0.1) is 0 Å². The van der Waals surface area contributed by atoms with Crippen LogP contribution < -0.4 is 5.32 Å². The molecule has 1 aromatic carbocycles. The number of rotatable bonds is 6. The van der Waals surface area contributed by atoms with E-state index < -0.39 is 0 Å². The molecule has 4 nitrogen and oxygen atoms in total. The quantitative estimate of drug-likeness (QED) is 0.875. The highest BCUT2D eigenvalue weighted by atomic mass is 16.5. The number of nitrogens with zero attached hydrogens (tertiary/aromatic N) is 2. The van der Waals surface area contributed by atoms with E-state index >= 15 is 0 Å². The van der Waals surface area contributed by atoms with Crippen molar-refractivity contribution in [3.63, 3.8) is 0 Å². The van der Waals surface area contributed by atoms with Crippen molar-refractivity contribution in [3.8, 4) is 0 Å². The minimum atomic E-state index is 0.406. The van der Waals surface area contributed by atoms with E-state index in [-0.39, 0.29) is 0 Å². The Morgan fingerprint density at radius 2 is 1.95 bits per heavy atom. The molecule has 0 aliphatic rings. The molecular weight excluding hydrogens is 250 g/mol. The summed E-state index contributed by atoms with van der Waals surface area (Å²) in [6.07, 6.45) is 1.61. The number of aromatic nitrogens is 2. The van der Waals surface area contributed by atoms with Crippen molar-refractivity contribution in [2.45, 2.75) is 32.9 Å².